The molecule has 7 heteroatoms. The third kappa shape index (κ3) is 3.53. The van der Waals surface area contributed by atoms with Crippen molar-refractivity contribution in [3.05, 3.63) is 34.9 Å². The number of methoxy groups -OCH3 is 1. The van der Waals surface area contributed by atoms with Gasteiger partial charge in [-0.1, -0.05) is 32.6 Å². The Balaban J connectivity index is 1.83. The summed E-state index contributed by atoms with van der Waals surface area (Å²) in [6.07, 6.45) is 5.34. The van der Waals surface area contributed by atoms with E-state index in [1.54, 1.807) is 0 Å². The van der Waals surface area contributed by atoms with Crippen LogP contribution in [0.1, 0.15) is 82.9 Å². The molecule has 0 atom stereocenters. The van der Waals surface area contributed by atoms with E-state index in [-0.39, 0.29) is 22.9 Å². The van der Waals surface area contributed by atoms with Crippen LogP contribution in [0.25, 0.3) is 0 Å². The molecule has 1 N–H and O–H groups in total. The molecule has 3 amide bonds. The zero-order valence-electron chi connectivity index (χ0n) is 16.4. The van der Waals surface area contributed by atoms with E-state index in [9.17, 15) is 19.2 Å². The molecule has 0 spiro atoms. The van der Waals surface area contributed by atoms with E-state index >= 15 is 0 Å². The van der Waals surface area contributed by atoms with Crippen LogP contribution in [-0.4, -0.2) is 47.8 Å². The van der Waals surface area contributed by atoms with Crippen molar-refractivity contribution in [2.24, 2.45) is 0 Å². The second-order valence-electron chi connectivity index (χ2n) is 7.46. The van der Waals surface area contributed by atoms with Gasteiger partial charge in [0.25, 0.3) is 17.7 Å². The average Bonchev–Trinajstić information content (AvgIpc) is 2.96. The van der Waals surface area contributed by atoms with E-state index in [4.69, 9.17) is 4.74 Å². The Labute approximate surface area is 164 Å². The summed E-state index contributed by atoms with van der Waals surface area (Å²) in [4.78, 5) is 51.4. The van der Waals surface area contributed by atoms with Gasteiger partial charge in [0.2, 0.25) is 0 Å². The molecular weight excluding hydrogens is 360 g/mol. The molecule has 28 heavy (non-hydrogen) atoms. The molecule has 1 fully saturated rings. The van der Waals surface area contributed by atoms with Gasteiger partial charge in [-0.3, -0.25) is 19.3 Å². The number of benzene rings is 1. The highest BCUT2D eigenvalue weighted by Gasteiger charge is 2.42. The third-order valence-electron chi connectivity index (χ3n) is 5.60. The Morgan fingerprint density at radius 2 is 1.79 bits per heavy atom. The fourth-order valence-electron chi connectivity index (χ4n) is 3.97. The van der Waals surface area contributed by atoms with Gasteiger partial charge in [-0.25, -0.2) is 4.79 Å². The molecule has 0 unspecified atom stereocenters. The highest BCUT2D eigenvalue weighted by atomic mass is 16.5. The Bertz CT molecular complexity index is 811. The number of ether oxygens (including phenoxy) is 1. The van der Waals surface area contributed by atoms with Crippen LogP contribution < -0.4 is 5.32 Å². The van der Waals surface area contributed by atoms with Crippen LogP contribution >= 0.6 is 0 Å². The SMILES string of the molecule is CCCCN1C(=O)c2ccc(C(=O)NC3(C(=O)OC)CCCCC3)cc2C1=O. The lowest BCUT2D eigenvalue weighted by atomic mass is 9.81. The lowest BCUT2D eigenvalue weighted by Gasteiger charge is -2.35. The maximum absolute atomic E-state index is 12.9. The van der Waals surface area contributed by atoms with Crippen LogP contribution in [0.2, 0.25) is 0 Å². The highest BCUT2D eigenvalue weighted by molar-refractivity contribution is 6.22. The van der Waals surface area contributed by atoms with Crippen LogP contribution in [0.4, 0.5) is 0 Å². The summed E-state index contributed by atoms with van der Waals surface area (Å²) in [5.74, 6) is -1.58. The van der Waals surface area contributed by atoms with Crippen molar-refractivity contribution in [3.63, 3.8) is 0 Å². The molecule has 1 heterocycles. The first-order chi connectivity index (χ1) is 13.4. The van der Waals surface area contributed by atoms with E-state index in [1.165, 1.54) is 30.2 Å². The number of hydrogen-bond acceptors (Lipinski definition) is 5. The number of carbonyl (C=O) groups excluding carboxylic acids is 4. The minimum Gasteiger partial charge on any atom is -0.467 e. The predicted octanol–water partition coefficient (Wildman–Crippen LogP) is 2.69. The van der Waals surface area contributed by atoms with Crippen molar-refractivity contribution >= 4 is 23.7 Å². The van der Waals surface area contributed by atoms with Crippen molar-refractivity contribution in [2.75, 3.05) is 13.7 Å². The van der Waals surface area contributed by atoms with Crippen LogP contribution in [0.5, 0.6) is 0 Å². The molecule has 0 radical (unpaired) electrons. The molecule has 1 aromatic rings. The number of hydrogen-bond donors (Lipinski definition) is 1. The average molecular weight is 386 g/mol. The van der Waals surface area contributed by atoms with Gasteiger partial charge in [-0.15, -0.1) is 0 Å². The van der Waals surface area contributed by atoms with Crippen LogP contribution in [0, 0.1) is 0 Å². The summed E-state index contributed by atoms with van der Waals surface area (Å²) in [5.41, 5.74) is -0.218. The number of nitrogens with zero attached hydrogens (tertiary/aromatic N) is 1. The van der Waals surface area contributed by atoms with E-state index in [2.05, 4.69) is 5.32 Å². The smallest absolute Gasteiger partial charge is 0.331 e. The van der Waals surface area contributed by atoms with E-state index in [0.29, 0.717) is 24.9 Å². The molecular formula is C21H26N2O5. The van der Waals surface area contributed by atoms with E-state index < -0.39 is 17.4 Å². The van der Waals surface area contributed by atoms with E-state index in [1.807, 2.05) is 6.92 Å². The van der Waals surface area contributed by atoms with Gasteiger partial charge in [-0.05, 0) is 37.5 Å². The molecule has 1 saturated carbocycles. The molecule has 7 nitrogen and oxygen atoms in total. The van der Waals surface area contributed by atoms with Crippen molar-refractivity contribution < 1.29 is 23.9 Å². The first kappa shape index (κ1) is 20.0. The lowest BCUT2D eigenvalue weighted by molar-refractivity contribution is -0.149. The standard InChI is InChI=1S/C21H26N2O5/c1-3-4-12-23-18(25)15-9-8-14(13-16(15)19(23)26)17(24)22-21(20(27)28-2)10-6-5-7-11-21/h8-9,13H,3-7,10-12H2,1-2H3,(H,22,24). The van der Waals surface area contributed by atoms with Crippen LogP contribution in [-0.2, 0) is 9.53 Å². The Kier molecular flexibility index (Phi) is 5.82. The number of rotatable bonds is 6. The number of unbranched alkanes of at least 4 members (excludes halogenated alkanes) is 1. The van der Waals surface area contributed by atoms with Gasteiger partial charge in [0.15, 0.2) is 0 Å². The topological polar surface area (TPSA) is 92.8 Å². The van der Waals surface area contributed by atoms with Crippen molar-refractivity contribution in [2.45, 2.75) is 57.4 Å². The quantitative estimate of drug-likeness (QED) is 0.599. The second kappa shape index (κ2) is 8.12. The lowest BCUT2D eigenvalue weighted by Crippen LogP contribution is -2.56. The number of nitrogens with one attached hydrogen (secondary N) is 1. The Hall–Kier alpha value is -2.70. The van der Waals surface area contributed by atoms with Crippen molar-refractivity contribution in [1.82, 2.24) is 10.2 Å². The molecule has 3 rings (SSSR count). The first-order valence-corrected chi connectivity index (χ1v) is 9.84. The molecule has 1 aliphatic carbocycles. The predicted molar refractivity (Wildman–Crippen MR) is 102 cm³/mol. The van der Waals surface area contributed by atoms with Crippen LogP contribution in [0.3, 0.4) is 0 Å². The largest absolute Gasteiger partial charge is 0.467 e. The Morgan fingerprint density at radius 1 is 1.11 bits per heavy atom. The van der Waals surface area contributed by atoms with E-state index in [0.717, 1.165) is 32.1 Å². The third-order valence-corrected chi connectivity index (χ3v) is 5.60. The van der Waals surface area contributed by atoms with Gasteiger partial charge in [0.05, 0.1) is 18.2 Å². The summed E-state index contributed by atoms with van der Waals surface area (Å²) in [6.45, 7) is 2.36. The minimum absolute atomic E-state index is 0.240. The monoisotopic (exact) mass is 386 g/mol. The summed E-state index contributed by atoms with van der Waals surface area (Å²) < 4.78 is 4.93. The maximum atomic E-state index is 12.9. The summed E-state index contributed by atoms with van der Waals surface area (Å²) in [6, 6.07) is 4.49. The second-order valence-corrected chi connectivity index (χ2v) is 7.46. The fraction of sp³-hybridized carbons (Fsp3) is 0.524. The Morgan fingerprint density at radius 3 is 2.43 bits per heavy atom. The summed E-state index contributed by atoms with van der Waals surface area (Å²) in [5, 5.41) is 2.84. The normalized spacial score (nSPS) is 18.0. The zero-order chi connectivity index (χ0) is 20.3. The number of carbonyl (C=O) groups is 4. The number of fused-ring (bicyclic) bond motifs is 1. The van der Waals surface area contributed by atoms with Gasteiger partial charge >= 0.3 is 5.97 Å². The van der Waals surface area contributed by atoms with Gasteiger partial charge in [0.1, 0.15) is 5.54 Å². The van der Waals surface area contributed by atoms with Gasteiger partial charge < -0.3 is 10.1 Å². The molecule has 0 aromatic heterocycles. The maximum Gasteiger partial charge on any atom is 0.331 e. The molecule has 1 aliphatic heterocycles. The van der Waals surface area contributed by atoms with Gasteiger partial charge in [-0.2, -0.15) is 0 Å². The molecule has 0 bridgehead atoms. The molecule has 2 aliphatic rings. The van der Waals surface area contributed by atoms with Crippen molar-refractivity contribution in [3.8, 4) is 0 Å². The summed E-state index contributed by atoms with van der Waals surface area (Å²) in [7, 11) is 1.31. The number of esters is 1. The molecule has 150 valence electrons. The number of amides is 3. The minimum atomic E-state index is -1.03. The van der Waals surface area contributed by atoms with Gasteiger partial charge in [0, 0.05) is 12.1 Å². The van der Waals surface area contributed by atoms with Crippen molar-refractivity contribution in [1.29, 1.82) is 0 Å². The highest BCUT2D eigenvalue weighted by Crippen LogP contribution is 2.30. The van der Waals surface area contributed by atoms with Crippen LogP contribution in [0.15, 0.2) is 18.2 Å². The summed E-state index contributed by atoms with van der Waals surface area (Å²) >= 11 is 0. The first-order valence-electron chi connectivity index (χ1n) is 9.84. The zero-order valence-corrected chi connectivity index (χ0v) is 16.4. The molecule has 1 aromatic carbocycles. The fourth-order valence-corrected chi connectivity index (χ4v) is 3.97. The number of imide groups is 1. The molecule has 0 saturated heterocycles.